The number of aliphatic carboxylic acids is 1. The third-order valence-electron chi connectivity index (χ3n) is 3.21. The van der Waals surface area contributed by atoms with Crippen LogP contribution in [0.25, 0.3) is 0 Å². The van der Waals surface area contributed by atoms with Crippen LogP contribution in [-0.4, -0.2) is 11.1 Å². The van der Waals surface area contributed by atoms with Gasteiger partial charge in [-0.1, -0.05) is 34.1 Å². The molecule has 0 spiro atoms. The molecule has 86 valence electrons. The molecule has 0 bridgehead atoms. The summed E-state index contributed by atoms with van der Waals surface area (Å²) in [6.45, 7) is 2.04. The van der Waals surface area contributed by atoms with Gasteiger partial charge >= 0.3 is 5.97 Å². The van der Waals surface area contributed by atoms with E-state index < -0.39 is 5.97 Å². The third kappa shape index (κ3) is 2.46. The molecule has 1 N–H and O–H groups in total. The molecular weight excluding hydrogens is 268 g/mol. The average molecular weight is 283 g/mol. The van der Waals surface area contributed by atoms with E-state index in [4.69, 9.17) is 5.11 Å². The predicted molar refractivity (Wildman–Crippen MR) is 66.6 cm³/mol. The minimum atomic E-state index is -0.703. The van der Waals surface area contributed by atoms with Crippen molar-refractivity contribution in [2.75, 3.05) is 0 Å². The molecule has 0 saturated heterocycles. The second-order valence-electron chi connectivity index (χ2n) is 4.52. The summed E-state index contributed by atoms with van der Waals surface area (Å²) in [7, 11) is 0. The maximum atomic E-state index is 10.9. The molecule has 1 unspecified atom stereocenters. The molecule has 2 nitrogen and oxygen atoms in total. The van der Waals surface area contributed by atoms with Crippen LogP contribution in [0.4, 0.5) is 0 Å². The molecule has 0 heterocycles. The Hall–Kier alpha value is -0.830. The summed E-state index contributed by atoms with van der Waals surface area (Å²) >= 11 is 3.57. The van der Waals surface area contributed by atoms with Crippen LogP contribution in [0.3, 0.4) is 0 Å². The first-order valence-corrected chi connectivity index (χ1v) is 6.35. The van der Waals surface area contributed by atoms with Gasteiger partial charge in [0.15, 0.2) is 0 Å². The minimum absolute atomic E-state index is 0.173. The number of carboxylic acids is 1. The Labute approximate surface area is 104 Å². The van der Waals surface area contributed by atoms with Crippen molar-refractivity contribution in [1.29, 1.82) is 0 Å². The first-order valence-electron chi connectivity index (χ1n) is 5.56. The smallest absolute Gasteiger partial charge is 0.303 e. The van der Waals surface area contributed by atoms with E-state index in [2.05, 4.69) is 15.9 Å². The first kappa shape index (κ1) is 11.6. The number of hydrogen-bond donors (Lipinski definition) is 1. The van der Waals surface area contributed by atoms with Gasteiger partial charge in [0, 0.05) is 4.47 Å². The van der Waals surface area contributed by atoms with Crippen LogP contribution in [0.1, 0.15) is 36.3 Å². The molecule has 1 aromatic carbocycles. The molecule has 1 aliphatic carbocycles. The Morgan fingerprint density at radius 2 is 2.25 bits per heavy atom. The van der Waals surface area contributed by atoms with E-state index in [0.29, 0.717) is 5.92 Å². The molecule has 0 amide bonds. The van der Waals surface area contributed by atoms with Crippen molar-refractivity contribution in [2.24, 2.45) is 5.92 Å². The predicted octanol–water partition coefficient (Wildman–Crippen LogP) is 3.73. The second-order valence-corrected chi connectivity index (χ2v) is 5.31. The van der Waals surface area contributed by atoms with Gasteiger partial charge in [0.05, 0.1) is 6.42 Å². The van der Waals surface area contributed by atoms with E-state index in [1.54, 1.807) is 0 Å². The zero-order valence-corrected chi connectivity index (χ0v) is 10.8. The van der Waals surface area contributed by atoms with Crippen molar-refractivity contribution in [3.63, 3.8) is 0 Å². The molecular formula is C13H15BrO2. The number of halogens is 1. The summed E-state index contributed by atoms with van der Waals surface area (Å²) in [6, 6.07) is 6.09. The molecule has 1 saturated carbocycles. The maximum absolute atomic E-state index is 10.9. The van der Waals surface area contributed by atoms with Gasteiger partial charge in [0.2, 0.25) is 0 Å². The molecule has 0 radical (unpaired) electrons. The van der Waals surface area contributed by atoms with Gasteiger partial charge in [0.1, 0.15) is 0 Å². The molecule has 1 fully saturated rings. The van der Waals surface area contributed by atoms with E-state index in [9.17, 15) is 4.79 Å². The molecule has 3 heteroatoms. The fraction of sp³-hybridized carbons (Fsp3) is 0.462. The van der Waals surface area contributed by atoms with E-state index in [-0.39, 0.29) is 12.3 Å². The largest absolute Gasteiger partial charge is 0.481 e. The summed E-state index contributed by atoms with van der Waals surface area (Å²) in [5, 5.41) is 8.97. The fourth-order valence-corrected chi connectivity index (χ4v) is 2.73. The Morgan fingerprint density at radius 3 is 2.81 bits per heavy atom. The molecule has 16 heavy (non-hydrogen) atoms. The van der Waals surface area contributed by atoms with Crippen molar-refractivity contribution in [3.8, 4) is 0 Å². The van der Waals surface area contributed by atoms with Gasteiger partial charge in [-0.25, -0.2) is 0 Å². The van der Waals surface area contributed by atoms with E-state index in [1.165, 1.54) is 18.4 Å². The topological polar surface area (TPSA) is 37.3 Å². The van der Waals surface area contributed by atoms with Crippen LogP contribution in [-0.2, 0) is 4.79 Å². The van der Waals surface area contributed by atoms with E-state index in [0.717, 1.165) is 10.0 Å². The highest BCUT2D eigenvalue weighted by Crippen LogP contribution is 2.46. The lowest BCUT2D eigenvalue weighted by Crippen LogP contribution is -2.09. The zero-order valence-electron chi connectivity index (χ0n) is 9.24. The Morgan fingerprint density at radius 1 is 1.56 bits per heavy atom. The molecule has 0 aliphatic heterocycles. The van der Waals surface area contributed by atoms with Gasteiger partial charge in [0.25, 0.3) is 0 Å². The molecule has 1 atom stereocenters. The summed E-state index contributed by atoms with van der Waals surface area (Å²) in [5.74, 6) is 0.0336. The summed E-state index contributed by atoms with van der Waals surface area (Å²) in [4.78, 5) is 10.9. The highest BCUT2D eigenvalue weighted by atomic mass is 79.9. The average Bonchev–Trinajstić information content (AvgIpc) is 3.02. The standard InChI is InChI=1S/C13H15BrO2/c1-8-3-2-4-10(13(8)14)11(7-12(15)16)9-5-6-9/h2-4,9,11H,5-7H2,1H3,(H,15,16). The first-order chi connectivity index (χ1) is 7.59. The van der Waals surface area contributed by atoms with Gasteiger partial charge in [-0.05, 0) is 42.7 Å². The lowest BCUT2D eigenvalue weighted by molar-refractivity contribution is -0.137. The van der Waals surface area contributed by atoms with Crippen LogP contribution >= 0.6 is 15.9 Å². The molecule has 1 aliphatic rings. The maximum Gasteiger partial charge on any atom is 0.303 e. The molecule has 1 aromatic rings. The summed E-state index contributed by atoms with van der Waals surface area (Å²) in [5.41, 5.74) is 2.33. The van der Waals surface area contributed by atoms with Crippen molar-refractivity contribution >= 4 is 21.9 Å². The minimum Gasteiger partial charge on any atom is -0.481 e. The van der Waals surface area contributed by atoms with Crippen molar-refractivity contribution in [3.05, 3.63) is 33.8 Å². The fourth-order valence-electron chi connectivity index (χ4n) is 2.17. The number of benzene rings is 1. The van der Waals surface area contributed by atoms with Crippen LogP contribution in [0.5, 0.6) is 0 Å². The normalized spacial score (nSPS) is 17.1. The Kier molecular flexibility index (Phi) is 3.33. The van der Waals surface area contributed by atoms with Gasteiger partial charge < -0.3 is 5.11 Å². The lowest BCUT2D eigenvalue weighted by Gasteiger charge is -2.17. The highest BCUT2D eigenvalue weighted by molar-refractivity contribution is 9.10. The van der Waals surface area contributed by atoms with Gasteiger partial charge in [-0.2, -0.15) is 0 Å². The molecule has 2 rings (SSSR count). The van der Waals surface area contributed by atoms with Gasteiger partial charge in [-0.15, -0.1) is 0 Å². The SMILES string of the molecule is Cc1cccc(C(CC(=O)O)C2CC2)c1Br. The van der Waals surface area contributed by atoms with Crippen LogP contribution in [0, 0.1) is 12.8 Å². The number of hydrogen-bond acceptors (Lipinski definition) is 1. The number of carboxylic acid groups (broad SMARTS) is 1. The monoisotopic (exact) mass is 282 g/mol. The Bertz CT molecular complexity index is 410. The molecule has 0 aromatic heterocycles. The summed E-state index contributed by atoms with van der Waals surface area (Å²) in [6.07, 6.45) is 2.57. The number of aryl methyl sites for hydroxylation is 1. The van der Waals surface area contributed by atoms with Crippen molar-refractivity contribution < 1.29 is 9.90 Å². The van der Waals surface area contributed by atoms with Crippen molar-refractivity contribution in [2.45, 2.75) is 32.1 Å². The number of carbonyl (C=O) groups is 1. The van der Waals surface area contributed by atoms with Crippen LogP contribution in [0.15, 0.2) is 22.7 Å². The highest BCUT2D eigenvalue weighted by Gasteiger charge is 2.34. The van der Waals surface area contributed by atoms with E-state index >= 15 is 0 Å². The second kappa shape index (κ2) is 4.58. The Balaban J connectivity index is 2.30. The van der Waals surface area contributed by atoms with Gasteiger partial charge in [-0.3, -0.25) is 4.79 Å². The third-order valence-corrected chi connectivity index (χ3v) is 4.29. The quantitative estimate of drug-likeness (QED) is 0.914. The summed E-state index contributed by atoms with van der Waals surface area (Å²) < 4.78 is 1.08. The number of rotatable bonds is 4. The van der Waals surface area contributed by atoms with E-state index in [1.807, 2.05) is 25.1 Å². The van der Waals surface area contributed by atoms with Crippen LogP contribution in [0.2, 0.25) is 0 Å². The van der Waals surface area contributed by atoms with Crippen LogP contribution < -0.4 is 0 Å². The van der Waals surface area contributed by atoms with Crippen molar-refractivity contribution in [1.82, 2.24) is 0 Å². The lowest BCUT2D eigenvalue weighted by atomic mass is 9.90. The zero-order chi connectivity index (χ0) is 11.7.